The molecule has 0 bridgehead atoms. The number of halogens is 3. The summed E-state index contributed by atoms with van der Waals surface area (Å²) in [5.41, 5.74) is 1.41. The van der Waals surface area contributed by atoms with E-state index in [1.54, 1.807) is 7.11 Å². The highest BCUT2D eigenvalue weighted by molar-refractivity contribution is 5.91. The smallest absolute Gasteiger partial charge is 0.416 e. The zero-order chi connectivity index (χ0) is 18.4. The van der Waals surface area contributed by atoms with E-state index < -0.39 is 11.7 Å². The predicted octanol–water partition coefficient (Wildman–Crippen LogP) is 4.46. The molecule has 0 aliphatic heterocycles. The summed E-state index contributed by atoms with van der Waals surface area (Å²) in [7, 11) is 1.56. The third-order valence-corrected chi connectivity index (χ3v) is 3.52. The van der Waals surface area contributed by atoms with Gasteiger partial charge in [0.25, 0.3) is 0 Å². The van der Waals surface area contributed by atoms with E-state index in [4.69, 9.17) is 4.74 Å². The normalized spacial score (nSPS) is 11.1. The average molecular weight is 352 g/mol. The van der Waals surface area contributed by atoms with Crippen LogP contribution < -0.4 is 15.4 Å². The van der Waals surface area contributed by atoms with Gasteiger partial charge in [-0.15, -0.1) is 0 Å². The van der Waals surface area contributed by atoms with Crippen LogP contribution in [-0.2, 0) is 11.0 Å². The van der Waals surface area contributed by atoms with Crippen molar-refractivity contribution in [1.82, 2.24) is 0 Å². The Labute approximate surface area is 144 Å². The third-order valence-electron chi connectivity index (χ3n) is 3.52. The van der Waals surface area contributed by atoms with Crippen molar-refractivity contribution < 1.29 is 22.7 Å². The Morgan fingerprint density at radius 2 is 1.80 bits per heavy atom. The molecule has 2 rings (SSSR count). The summed E-state index contributed by atoms with van der Waals surface area (Å²) in [6, 6.07) is 10.0. The van der Waals surface area contributed by atoms with Crippen molar-refractivity contribution in [2.45, 2.75) is 19.5 Å². The van der Waals surface area contributed by atoms with Crippen molar-refractivity contribution in [1.29, 1.82) is 0 Å². The van der Waals surface area contributed by atoms with Gasteiger partial charge in [-0.2, -0.15) is 13.2 Å². The number of anilines is 2. The molecule has 0 saturated carbocycles. The maximum absolute atomic E-state index is 12.5. The molecule has 0 aliphatic rings. The number of alkyl halides is 3. The molecule has 0 spiro atoms. The zero-order valence-corrected chi connectivity index (χ0v) is 13.9. The van der Waals surface area contributed by atoms with Gasteiger partial charge in [0, 0.05) is 18.7 Å². The second kappa shape index (κ2) is 7.92. The quantitative estimate of drug-likeness (QED) is 0.807. The topological polar surface area (TPSA) is 50.4 Å². The standard InChI is InChI=1S/C18H19F3N2O2/c1-12-3-8-16(25-2)15(11-12)22-10-9-17(24)23-14-6-4-13(5-7-14)18(19,20)21/h3-8,11,22H,9-10H2,1-2H3,(H,23,24). The number of nitrogens with one attached hydrogen (secondary N) is 2. The minimum Gasteiger partial charge on any atom is -0.495 e. The number of carbonyl (C=O) groups is 1. The fraction of sp³-hybridized carbons (Fsp3) is 0.278. The van der Waals surface area contributed by atoms with Gasteiger partial charge in [0.05, 0.1) is 18.4 Å². The summed E-state index contributed by atoms with van der Waals surface area (Å²) < 4.78 is 42.7. The molecule has 0 saturated heterocycles. The van der Waals surface area contributed by atoms with Crippen LogP contribution >= 0.6 is 0 Å². The van der Waals surface area contributed by atoms with Crippen molar-refractivity contribution in [3.05, 3.63) is 53.6 Å². The van der Waals surface area contributed by atoms with Crippen LogP contribution in [0.5, 0.6) is 5.75 Å². The molecule has 2 N–H and O–H groups in total. The predicted molar refractivity (Wildman–Crippen MR) is 90.9 cm³/mol. The molecular formula is C18H19F3N2O2. The molecule has 0 unspecified atom stereocenters. The number of rotatable bonds is 6. The van der Waals surface area contributed by atoms with E-state index in [-0.39, 0.29) is 12.3 Å². The molecule has 0 aromatic heterocycles. The summed E-state index contributed by atoms with van der Waals surface area (Å²) in [5, 5.41) is 5.69. The first-order valence-corrected chi connectivity index (χ1v) is 7.65. The first kappa shape index (κ1) is 18.6. The molecule has 0 heterocycles. The van der Waals surface area contributed by atoms with Crippen LogP contribution in [0.4, 0.5) is 24.5 Å². The molecule has 1 amide bonds. The maximum Gasteiger partial charge on any atom is 0.416 e. The van der Waals surface area contributed by atoms with Crippen LogP contribution in [0.3, 0.4) is 0 Å². The fourth-order valence-corrected chi connectivity index (χ4v) is 2.24. The molecule has 7 heteroatoms. The number of ether oxygens (including phenoxy) is 1. The monoisotopic (exact) mass is 352 g/mol. The van der Waals surface area contributed by atoms with Crippen molar-refractivity contribution >= 4 is 17.3 Å². The molecule has 25 heavy (non-hydrogen) atoms. The highest BCUT2D eigenvalue weighted by atomic mass is 19.4. The maximum atomic E-state index is 12.5. The molecule has 2 aromatic rings. The molecule has 0 atom stereocenters. The van der Waals surface area contributed by atoms with Gasteiger partial charge in [-0.25, -0.2) is 0 Å². The number of amides is 1. The Morgan fingerprint density at radius 1 is 1.12 bits per heavy atom. The Balaban J connectivity index is 1.86. The molecule has 0 radical (unpaired) electrons. The number of hydrogen-bond acceptors (Lipinski definition) is 3. The van der Waals surface area contributed by atoms with Gasteiger partial charge < -0.3 is 15.4 Å². The van der Waals surface area contributed by atoms with E-state index >= 15 is 0 Å². The van der Waals surface area contributed by atoms with Gasteiger partial charge in [-0.1, -0.05) is 6.07 Å². The summed E-state index contributed by atoms with van der Waals surface area (Å²) >= 11 is 0. The van der Waals surface area contributed by atoms with Crippen LogP contribution in [0.25, 0.3) is 0 Å². The van der Waals surface area contributed by atoms with Gasteiger partial charge in [0.2, 0.25) is 5.91 Å². The molecular weight excluding hydrogens is 333 g/mol. The van der Waals surface area contributed by atoms with Crippen LogP contribution in [0, 0.1) is 6.92 Å². The Morgan fingerprint density at radius 3 is 2.40 bits per heavy atom. The summed E-state index contributed by atoms with van der Waals surface area (Å²) in [5.74, 6) is 0.382. The van der Waals surface area contributed by atoms with Gasteiger partial charge in [-0.05, 0) is 48.9 Å². The van der Waals surface area contributed by atoms with Crippen LogP contribution in [0.2, 0.25) is 0 Å². The van der Waals surface area contributed by atoms with Crippen molar-refractivity contribution in [2.24, 2.45) is 0 Å². The van der Waals surface area contributed by atoms with Crippen LogP contribution in [-0.4, -0.2) is 19.6 Å². The first-order valence-electron chi connectivity index (χ1n) is 7.65. The SMILES string of the molecule is COc1ccc(C)cc1NCCC(=O)Nc1ccc(C(F)(F)F)cc1. The van der Waals surface area contributed by atoms with Crippen LogP contribution in [0.15, 0.2) is 42.5 Å². The highest BCUT2D eigenvalue weighted by Gasteiger charge is 2.29. The minimum atomic E-state index is -4.39. The largest absolute Gasteiger partial charge is 0.495 e. The summed E-state index contributed by atoms with van der Waals surface area (Å²) in [6.07, 6.45) is -4.22. The van der Waals surface area contributed by atoms with E-state index in [9.17, 15) is 18.0 Å². The number of hydrogen-bond donors (Lipinski definition) is 2. The average Bonchev–Trinajstić information content (AvgIpc) is 2.55. The number of aryl methyl sites for hydroxylation is 1. The summed E-state index contributed by atoms with van der Waals surface area (Å²) in [4.78, 5) is 11.9. The van der Waals surface area contributed by atoms with Crippen molar-refractivity contribution in [2.75, 3.05) is 24.3 Å². The van der Waals surface area contributed by atoms with E-state index in [0.717, 1.165) is 23.4 Å². The third kappa shape index (κ3) is 5.41. The lowest BCUT2D eigenvalue weighted by Gasteiger charge is -2.12. The lowest BCUT2D eigenvalue weighted by atomic mass is 10.2. The number of carbonyl (C=O) groups excluding carboxylic acids is 1. The second-order valence-electron chi connectivity index (χ2n) is 5.50. The van der Waals surface area contributed by atoms with E-state index in [1.165, 1.54) is 12.1 Å². The first-order chi connectivity index (χ1) is 11.8. The molecule has 134 valence electrons. The molecule has 2 aromatic carbocycles. The minimum absolute atomic E-state index is 0.165. The number of benzene rings is 2. The van der Waals surface area contributed by atoms with Crippen LogP contribution in [0.1, 0.15) is 17.5 Å². The van der Waals surface area contributed by atoms with E-state index in [2.05, 4.69) is 10.6 Å². The Kier molecular flexibility index (Phi) is 5.90. The lowest BCUT2D eigenvalue weighted by Crippen LogP contribution is -2.16. The van der Waals surface area contributed by atoms with Gasteiger partial charge in [0.1, 0.15) is 5.75 Å². The second-order valence-corrected chi connectivity index (χ2v) is 5.50. The summed E-state index contributed by atoms with van der Waals surface area (Å²) in [6.45, 7) is 2.31. The Bertz CT molecular complexity index is 728. The van der Waals surface area contributed by atoms with Gasteiger partial charge in [-0.3, -0.25) is 4.79 Å². The van der Waals surface area contributed by atoms with Crippen molar-refractivity contribution in [3.8, 4) is 5.75 Å². The molecule has 0 aliphatic carbocycles. The molecule has 4 nitrogen and oxygen atoms in total. The fourth-order valence-electron chi connectivity index (χ4n) is 2.24. The van der Waals surface area contributed by atoms with Gasteiger partial charge in [0.15, 0.2) is 0 Å². The van der Waals surface area contributed by atoms with Gasteiger partial charge >= 0.3 is 6.18 Å². The number of methoxy groups -OCH3 is 1. The molecule has 0 fully saturated rings. The van der Waals surface area contributed by atoms with Crippen molar-refractivity contribution in [3.63, 3.8) is 0 Å². The Hall–Kier alpha value is -2.70. The highest BCUT2D eigenvalue weighted by Crippen LogP contribution is 2.30. The van der Waals surface area contributed by atoms with E-state index in [1.807, 2.05) is 25.1 Å². The van der Waals surface area contributed by atoms with E-state index in [0.29, 0.717) is 18.0 Å². The zero-order valence-electron chi connectivity index (χ0n) is 13.9. The lowest BCUT2D eigenvalue weighted by molar-refractivity contribution is -0.137.